The Balaban J connectivity index is 1.09. The van der Waals surface area contributed by atoms with E-state index >= 15 is 0 Å². The number of nitrogens with one attached hydrogen (secondary N) is 2. The summed E-state index contributed by atoms with van der Waals surface area (Å²) in [7, 11) is 2.18. The molecule has 3 aliphatic heterocycles. The first-order chi connectivity index (χ1) is 20.9. The Labute approximate surface area is 256 Å². The van der Waals surface area contributed by atoms with E-state index in [1.165, 1.54) is 57.2 Å². The molecule has 10 heteroatoms. The van der Waals surface area contributed by atoms with Crippen molar-refractivity contribution in [1.82, 2.24) is 19.8 Å². The van der Waals surface area contributed by atoms with E-state index in [2.05, 4.69) is 37.4 Å². The first kappa shape index (κ1) is 28.5. The smallest absolute Gasteiger partial charge is 0.248 e. The van der Waals surface area contributed by atoms with Gasteiger partial charge >= 0.3 is 0 Å². The van der Waals surface area contributed by atoms with E-state index in [1.54, 1.807) is 12.1 Å². The minimum absolute atomic E-state index is 0.0163. The fourth-order valence-electron chi connectivity index (χ4n) is 7.57. The predicted octanol–water partition coefficient (Wildman–Crippen LogP) is 6.11. The van der Waals surface area contributed by atoms with E-state index in [1.807, 2.05) is 18.2 Å². The second-order valence-electron chi connectivity index (χ2n) is 12.7. The molecule has 1 unspecified atom stereocenters. The summed E-state index contributed by atoms with van der Waals surface area (Å²) >= 11 is 6.00. The zero-order valence-electron chi connectivity index (χ0n) is 24.4. The van der Waals surface area contributed by atoms with Gasteiger partial charge in [0.25, 0.3) is 0 Å². The second-order valence-corrected chi connectivity index (χ2v) is 13.1. The molecule has 5 fully saturated rings. The van der Waals surface area contributed by atoms with Crippen LogP contribution >= 0.6 is 11.6 Å². The molecule has 43 heavy (non-hydrogen) atoms. The highest BCUT2D eigenvalue weighted by atomic mass is 35.5. The molecule has 1 aromatic heterocycles. The van der Waals surface area contributed by atoms with Crippen LogP contribution in [0.3, 0.4) is 0 Å². The van der Waals surface area contributed by atoms with Crippen molar-refractivity contribution >= 4 is 45.6 Å². The molecular formula is C33H38ClFN6O2. The molecule has 2 saturated carbocycles. The zero-order valence-corrected chi connectivity index (χ0v) is 25.2. The third kappa shape index (κ3) is 6.21. The molecule has 2 bridgehead atoms. The maximum Gasteiger partial charge on any atom is 0.248 e. The number of amides is 1. The number of ether oxygens (including phenoxy) is 1. The van der Waals surface area contributed by atoms with E-state index < -0.39 is 5.82 Å². The molecule has 2 aromatic carbocycles. The number of fused-ring (bicyclic) bond motifs is 5. The predicted molar refractivity (Wildman–Crippen MR) is 167 cm³/mol. The quantitative estimate of drug-likeness (QED) is 0.270. The third-order valence-electron chi connectivity index (χ3n) is 9.87. The first-order valence-electron chi connectivity index (χ1n) is 15.4. The molecular weight excluding hydrogens is 567 g/mol. The average Bonchev–Trinajstić information content (AvgIpc) is 3.46. The van der Waals surface area contributed by atoms with Gasteiger partial charge < -0.3 is 20.3 Å². The van der Waals surface area contributed by atoms with Crippen molar-refractivity contribution in [2.75, 3.05) is 50.5 Å². The number of nitrogens with zero attached hydrogens (tertiary/aromatic N) is 4. The first-order valence-corrected chi connectivity index (χ1v) is 15.8. The average molecular weight is 605 g/mol. The minimum Gasteiger partial charge on any atom is -0.491 e. The summed E-state index contributed by atoms with van der Waals surface area (Å²) in [6, 6.07) is 8.75. The van der Waals surface area contributed by atoms with Gasteiger partial charge in [0.15, 0.2) is 0 Å². The number of carbonyl (C=O) groups excluding carboxylic acids is 1. The van der Waals surface area contributed by atoms with Gasteiger partial charge in [-0.3, -0.25) is 9.69 Å². The number of piperidine rings is 3. The van der Waals surface area contributed by atoms with Gasteiger partial charge in [-0.05, 0) is 87.1 Å². The number of hydrogen-bond donors (Lipinski definition) is 2. The van der Waals surface area contributed by atoms with E-state index in [4.69, 9.17) is 16.3 Å². The molecule has 8 rings (SSSR count). The molecule has 8 nitrogen and oxygen atoms in total. The number of halogens is 2. The van der Waals surface area contributed by atoms with Crippen LogP contribution in [0.2, 0.25) is 5.02 Å². The lowest BCUT2D eigenvalue weighted by atomic mass is 9.80. The fraction of sp³-hybridized carbons (Fsp3) is 0.485. The number of anilines is 3. The largest absolute Gasteiger partial charge is 0.491 e. The van der Waals surface area contributed by atoms with Crippen molar-refractivity contribution in [3.8, 4) is 5.75 Å². The molecule has 2 N–H and O–H groups in total. The topological polar surface area (TPSA) is 82.6 Å². The van der Waals surface area contributed by atoms with Crippen molar-refractivity contribution in [2.24, 2.45) is 23.7 Å². The summed E-state index contributed by atoms with van der Waals surface area (Å²) in [6.07, 6.45) is 11.3. The van der Waals surface area contributed by atoms with Gasteiger partial charge in [-0.1, -0.05) is 17.7 Å². The highest BCUT2D eigenvalue weighted by Gasteiger charge is 2.53. The van der Waals surface area contributed by atoms with Crippen LogP contribution in [-0.4, -0.2) is 71.6 Å². The summed E-state index contributed by atoms with van der Waals surface area (Å²) < 4.78 is 20.0. The molecule has 226 valence electrons. The molecule has 0 radical (unpaired) electrons. The Morgan fingerprint density at radius 2 is 1.93 bits per heavy atom. The lowest BCUT2D eigenvalue weighted by Crippen LogP contribution is -2.47. The van der Waals surface area contributed by atoms with Gasteiger partial charge in [0.05, 0.1) is 22.8 Å². The molecule has 0 spiro atoms. The van der Waals surface area contributed by atoms with Crippen LogP contribution in [0.15, 0.2) is 48.8 Å². The van der Waals surface area contributed by atoms with Crippen molar-refractivity contribution in [3.63, 3.8) is 0 Å². The SMILES string of the molecule is CN1C[C@@H]2C(CCOc3cc4ncnc(Nc5ccc(F)c(Cl)c5)c4cc3NC(=O)/C=C/CN3CC4CCC3CC4)[C@@H]2C1. The van der Waals surface area contributed by atoms with E-state index in [0.29, 0.717) is 52.4 Å². The Morgan fingerprint density at radius 3 is 2.67 bits per heavy atom. The maximum absolute atomic E-state index is 13.7. The maximum atomic E-state index is 13.7. The van der Waals surface area contributed by atoms with Crippen molar-refractivity contribution in [1.29, 1.82) is 0 Å². The van der Waals surface area contributed by atoms with Crippen LogP contribution in [-0.2, 0) is 4.79 Å². The van der Waals surface area contributed by atoms with Crippen LogP contribution in [0.1, 0.15) is 32.1 Å². The van der Waals surface area contributed by atoms with Crippen LogP contribution in [0.25, 0.3) is 10.9 Å². The summed E-state index contributed by atoms with van der Waals surface area (Å²) in [6.45, 7) is 4.84. The van der Waals surface area contributed by atoms with E-state index in [-0.39, 0.29) is 10.9 Å². The van der Waals surface area contributed by atoms with Crippen molar-refractivity contribution in [2.45, 2.75) is 38.1 Å². The Morgan fingerprint density at radius 1 is 1.12 bits per heavy atom. The number of hydrogen-bond acceptors (Lipinski definition) is 7. The van der Waals surface area contributed by atoms with Gasteiger partial charge in [-0.15, -0.1) is 0 Å². The minimum atomic E-state index is -0.491. The Bertz CT molecular complexity index is 1530. The van der Waals surface area contributed by atoms with Crippen LogP contribution in [0, 0.1) is 29.5 Å². The van der Waals surface area contributed by atoms with Crippen molar-refractivity contribution in [3.05, 3.63) is 59.7 Å². The number of rotatable bonds is 10. The monoisotopic (exact) mass is 604 g/mol. The summed E-state index contributed by atoms with van der Waals surface area (Å²) in [5, 5.41) is 6.97. The van der Waals surface area contributed by atoms with E-state index in [0.717, 1.165) is 37.3 Å². The normalized spacial score (nSPS) is 26.6. The lowest BCUT2D eigenvalue weighted by Gasteiger charge is -2.45. The molecule has 2 aliphatic carbocycles. The van der Waals surface area contributed by atoms with Gasteiger partial charge in [0.2, 0.25) is 5.91 Å². The van der Waals surface area contributed by atoms with Crippen molar-refractivity contribution < 1.29 is 13.9 Å². The number of likely N-dealkylation sites (tertiary alicyclic amines) is 1. The Kier molecular flexibility index (Phi) is 7.97. The highest BCUT2D eigenvalue weighted by molar-refractivity contribution is 6.31. The standard InChI is InChI=1S/C33H38ClFN6O2/c1-40-17-25-23(26(25)18-40)10-12-43-31-15-29-24(33(37-19-36-29)38-21-6-9-28(35)27(34)13-21)14-30(31)39-32(42)3-2-11-41-16-20-4-7-22(41)8-5-20/h2-3,6,9,13-15,19-20,22-23,25-26H,4-5,7-8,10-12,16-18H2,1H3,(H,39,42)(H,36,37,38)/b3-2+/t20?,22?,23?,25-,26+. The molecule has 3 aromatic rings. The summed E-state index contributed by atoms with van der Waals surface area (Å²) in [4.78, 5) is 26.9. The zero-order chi connectivity index (χ0) is 29.5. The van der Waals surface area contributed by atoms with Gasteiger partial charge in [-0.25, -0.2) is 14.4 Å². The number of benzene rings is 2. The third-order valence-corrected chi connectivity index (χ3v) is 10.2. The fourth-order valence-corrected chi connectivity index (χ4v) is 7.75. The van der Waals surface area contributed by atoms with Gasteiger partial charge in [-0.2, -0.15) is 0 Å². The number of carbonyl (C=O) groups is 1. The van der Waals surface area contributed by atoms with Gasteiger partial charge in [0.1, 0.15) is 23.7 Å². The lowest BCUT2D eigenvalue weighted by molar-refractivity contribution is -0.111. The van der Waals surface area contributed by atoms with Gasteiger partial charge in [0, 0.05) is 55.4 Å². The molecule has 3 saturated heterocycles. The van der Waals surface area contributed by atoms with Crippen LogP contribution in [0.5, 0.6) is 5.75 Å². The highest BCUT2D eigenvalue weighted by Crippen LogP contribution is 2.53. The molecule has 4 heterocycles. The Hall–Kier alpha value is -3.27. The molecule has 5 aliphatic rings. The summed E-state index contributed by atoms with van der Waals surface area (Å²) in [5.41, 5.74) is 1.82. The molecule has 1 amide bonds. The summed E-state index contributed by atoms with van der Waals surface area (Å²) in [5.74, 6) is 3.48. The van der Waals surface area contributed by atoms with E-state index in [9.17, 15) is 9.18 Å². The number of aromatic nitrogens is 2. The second kappa shape index (κ2) is 12.0. The molecule has 3 atom stereocenters. The van der Waals surface area contributed by atoms with Crippen LogP contribution < -0.4 is 15.4 Å². The van der Waals surface area contributed by atoms with Crippen LogP contribution in [0.4, 0.5) is 21.6 Å².